The zero-order valence-electron chi connectivity index (χ0n) is 10.0. The Morgan fingerprint density at radius 1 is 1.50 bits per heavy atom. The summed E-state index contributed by atoms with van der Waals surface area (Å²) in [4.78, 5) is 18.2. The fourth-order valence-electron chi connectivity index (χ4n) is 1.48. The molecule has 16 heavy (non-hydrogen) atoms. The van der Waals surface area contributed by atoms with E-state index in [1.54, 1.807) is 7.11 Å². The number of thiazole rings is 1. The molecule has 0 atom stereocenters. The summed E-state index contributed by atoms with van der Waals surface area (Å²) in [6, 6.07) is 0. The molecule has 90 valence electrons. The third kappa shape index (κ3) is 3.02. The lowest BCUT2D eigenvalue weighted by Crippen LogP contribution is -2.23. The van der Waals surface area contributed by atoms with E-state index in [1.807, 2.05) is 0 Å². The van der Waals surface area contributed by atoms with Crippen molar-refractivity contribution >= 4 is 22.8 Å². The van der Waals surface area contributed by atoms with Gasteiger partial charge in [-0.25, -0.2) is 4.98 Å². The van der Waals surface area contributed by atoms with Crippen LogP contribution >= 0.6 is 11.3 Å². The smallest absolute Gasteiger partial charge is 0.186 e. The van der Waals surface area contributed by atoms with E-state index in [-0.39, 0.29) is 0 Å². The quantitative estimate of drug-likeness (QED) is 0.688. The normalized spacial score (nSPS) is 10.4. The molecule has 0 spiro atoms. The average molecular weight is 242 g/mol. The highest BCUT2D eigenvalue weighted by molar-refractivity contribution is 7.17. The maximum atomic E-state index is 10.9. The van der Waals surface area contributed by atoms with E-state index in [0.29, 0.717) is 11.5 Å². The molecule has 0 unspecified atom stereocenters. The molecule has 1 rings (SSSR count). The minimum atomic E-state index is 0.397. The predicted octanol–water partition coefficient (Wildman–Crippen LogP) is 2.34. The number of rotatable bonds is 7. The highest BCUT2D eigenvalue weighted by atomic mass is 32.1. The van der Waals surface area contributed by atoms with Gasteiger partial charge in [0.1, 0.15) is 0 Å². The highest BCUT2D eigenvalue weighted by Gasteiger charge is 2.14. The second-order valence-electron chi connectivity index (χ2n) is 3.44. The molecule has 0 aliphatic carbocycles. The standard InChI is InChI=1S/C11H18N2O2S/c1-4-6-13(5-2)11-12-9(8-15-3)10(7-14)16-11/h7H,4-6,8H2,1-3H3. The summed E-state index contributed by atoms with van der Waals surface area (Å²) < 4.78 is 5.02. The zero-order chi connectivity index (χ0) is 12.0. The van der Waals surface area contributed by atoms with E-state index < -0.39 is 0 Å². The summed E-state index contributed by atoms with van der Waals surface area (Å²) in [5, 5.41) is 0.915. The zero-order valence-corrected chi connectivity index (χ0v) is 10.8. The van der Waals surface area contributed by atoms with Gasteiger partial charge >= 0.3 is 0 Å². The third-order valence-electron chi connectivity index (χ3n) is 2.25. The lowest BCUT2D eigenvalue weighted by Gasteiger charge is -2.18. The van der Waals surface area contributed by atoms with Crippen LogP contribution in [0.15, 0.2) is 0 Å². The second-order valence-corrected chi connectivity index (χ2v) is 4.45. The Labute approximate surface area is 100 Å². The van der Waals surface area contributed by atoms with Crippen molar-refractivity contribution in [3.63, 3.8) is 0 Å². The van der Waals surface area contributed by atoms with E-state index in [4.69, 9.17) is 4.74 Å². The number of carbonyl (C=O) groups is 1. The number of ether oxygens (including phenoxy) is 1. The van der Waals surface area contributed by atoms with Gasteiger partial charge in [-0.15, -0.1) is 0 Å². The number of aldehydes is 1. The van der Waals surface area contributed by atoms with Crippen LogP contribution in [-0.2, 0) is 11.3 Å². The molecule has 4 nitrogen and oxygen atoms in total. The van der Waals surface area contributed by atoms with Crippen LogP contribution in [0, 0.1) is 0 Å². The first-order valence-corrected chi connectivity index (χ1v) is 6.27. The monoisotopic (exact) mass is 242 g/mol. The Balaban J connectivity index is 2.91. The Hall–Kier alpha value is -0.940. The second kappa shape index (κ2) is 6.60. The van der Waals surface area contributed by atoms with Gasteiger partial charge in [0.2, 0.25) is 0 Å². The Morgan fingerprint density at radius 2 is 2.25 bits per heavy atom. The molecular formula is C11H18N2O2S. The number of methoxy groups -OCH3 is 1. The number of anilines is 1. The molecular weight excluding hydrogens is 224 g/mol. The van der Waals surface area contributed by atoms with E-state index in [2.05, 4.69) is 23.7 Å². The molecule has 0 saturated carbocycles. The molecule has 0 N–H and O–H groups in total. The van der Waals surface area contributed by atoms with Crippen molar-refractivity contribution in [1.82, 2.24) is 4.98 Å². The summed E-state index contributed by atoms with van der Waals surface area (Å²) in [7, 11) is 1.61. The Morgan fingerprint density at radius 3 is 2.75 bits per heavy atom. The van der Waals surface area contributed by atoms with Gasteiger partial charge in [0.25, 0.3) is 0 Å². The molecule has 0 radical (unpaired) electrons. The number of aromatic nitrogens is 1. The maximum absolute atomic E-state index is 10.9. The van der Waals surface area contributed by atoms with Crippen molar-refractivity contribution in [1.29, 1.82) is 0 Å². The minimum Gasteiger partial charge on any atom is -0.378 e. The highest BCUT2D eigenvalue weighted by Crippen LogP contribution is 2.25. The van der Waals surface area contributed by atoms with E-state index in [1.165, 1.54) is 11.3 Å². The summed E-state index contributed by atoms with van der Waals surface area (Å²) in [6.07, 6.45) is 1.93. The van der Waals surface area contributed by atoms with Gasteiger partial charge in [0.05, 0.1) is 17.2 Å². The fourth-order valence-corrected chi connectivity index (χ4v) is 2.45. The summed E-state index contributed by atoms with van der Waals surface area (Å²) in [5.74, 6) is 0. The first kappa shape index (κ1) is 13.1. The molecule has 0 fully saturated rings. The lowest BCUT2D eigenvalue weighted by atomic mass is 10.4. The van der Waals surface area contributed by atoms with Gasteiger partial charge in [-0.2, -0.15) is 0 Å². The molecule has 1 heterocycles. The van der Waals surface area contributed by atoms with Crippen LogP contribution in [0.5, 0.6) is 0 Å². The van der Waals surface area contributed by atoms with E-state index >= 15 is 0 Å². The largest absolute Gasteiger partial charge is 0.378 e. The SMILES string of the molecule is CCCN(CC)c1nc(COC)c(C=O)s1. The van der Waals surface area contributed by atoms with Crippen LogP contribution in [0.25, 0.3) is 0 Å². The molecule has 0 aliphatic heterocycles. The molecule has 1 aromatic heterocycles. The van der Waals surface area contributed by atoms with Crippen LogP contribution in [-0.4, -0.2) is 31.5 Å². The molecule has 1 aromatic rings. The summed E-state index contributed by atoms with van der Waals surface area (Å²) in [5.41, 5.74) is 0.743. The van der Waals surface area contributed by atoms with Crippen LogP contribution < -0.4 is 4.90 Å². The molecule has 0 amide bonds. The van der Waals surface area contributed by atoms with Crippen molar-refractivity contribution in [2.75, 3.05) is 25.1 Å². The van der Waals surface area contributed by atoms with E-state index in [9.17, 15) is 4.79 Å². The predicted molar refractivity (Wildman–Crippen MR) is 66.4 cm³/mol. The van der Waals surface area contributed by atoms with Crippen molar-refractivity contribution < 1.29 is 9.53 Å². The van der Waals surface area contributed by atoms with Gasteiger partial charge < -0.3 is 9.64 Å². The van der Waals surface area contributed by atoms with Gasteiger partial charge in [-0.3, -0.25) is 4.79 Å². The van der Waals surface area contributed by atoms with Gasteiger partial charge in [-0.1, -0.05) is 18.3 Å². The Kier molecular flexibility index (Phi) is 5.42. The van der Waals surface area contributed by atoms with Crippen molar-refractivity contribution in [2.45, 2.75) is 26.9 Å². The molecule has 5 heteroatoms. The topological polar surface area (TPSA) is 42.4 Å². The minimum absolute atomic E-state index is 0.397. The van der Waals surface area contributed by atoms with Crippen LogP contribution in [0.1, 0.15) is 35.6 Å². The molecule has 0 bridgehead atoms. The first-order chi connectivity index (χ1) is 7.76. The number of carbonyl (C=O) groups excluding carboxylic acids is 1. The molecule has 0 aromatic carbocycles. The molecule has 0 aliphatic rings. The third-order valence-corrected chi connectivity index (χ3v) is 3.33. The van der Waals surface area contributed by atoms with Gasteiger partial charge in [-0.05, 0) is 13.3 Å². The van der Waals surface area contributed by atoms with Crippen LogP contribution in [0.3, 0.4) is 0 Å². The number of nitrogens with zero attached hydrogens (tertiary/aromatic N) is 2. The maximum Gasteiger partial charge on any atom is 0.186 e. The first-order valence-electron chi connectivity index (χ1n) is 5.45. The van der Waals surface area contributed by atoms with Gasteiger partial charge in [0.15, 0.2) is 11.4 Å². The van der Waals surface area contributed by atoms with Crippen molar-refractivity contribution in [3.05, 3.63) is 10.6 Å². The van der Waals surface area contributed by atoms with Gasteiger partial charge in [0, 0.05) is 20.2 Å². The van der Waals surface area contributed by atoms with Crippen molar-refractivity contribution in [2.24, 2.45) is 0 Å². The number of hydrogen-bond donors (Lipinski definition) is 0. The van der Waals surface area contributed by atoms with E-state index in [0.717, 1.165) is 36.6 Å². The number of hydrogen-bond acceptors (Lipinski definition) is 5. The lowest BCUT2D eigenvalue weighted by molar-refractivity contribution is 0.112. The van der Waals surface area contributed by atoms with Crippen molar-refractivity contribution in [3.8, 4) is 0 Å². The summed E-state index contributed by atoms with van der Waals surface area (Å²) in [6.45, 7) is 6.50. The Bertz CT molecular complexity index is 339. The molecule has 0 saturated heterocycles. The van der Waals surface area contributed by atoms with Crippen LogP contribution in [0.4, 0.5) is 5.13 Å². The average Bonchev–Trinajstić information content (AvgIpc) is 2.69. The van der Waals surface area contributed by atoms with Crippen LogP contribution in [0.2, 0.25) is 0 Å². The summed E-state index contributed by atoms with van der Waals surface area (Å²) >= 11 is 1.44. The fraction of sp³-hybridized carbons (Fsp3) is 0.636.